The maximum absolute atomic E-state index is 5.21. The van der Waals surface area contributed by atoms with Crippen LogP contribution in [-0.2, 0) is 0 Å². The molecule has 290 valence electrons. The number of fused-ring (bicyclic) bond motifs is 6. The monoisotopic (exact) mass is 808 g/mol. The number of hydrogen-bond donors (Lipinski definition) is 0. The van der Waals surface area contributed by atoms with E-state index in [1.54, 1.807) is 0 Å². The van der Waals surface area contributed by atoms with Crippen LogP contribution < -0.4 is 0 Å². The van der Waals surface area contributed by atoms with Crippen LogP contribution in [0.3, 0.4) is 0 Å². The first-order chi connectivity index (χ1) is 30.7. The van der Waals surface area contributed by atoms with Crippen molar-refractivity contribution in [3.63, 3.8) is 0 Å². The van der Waals surface area contributed by atoms with Gasteiger partial charge in [-0.1, -0.05) is 170 Å². The number of thiophene rings is 1. The van der Waals surface area contributed by atoms with E-state index in [0.717, 1.165) is 50.1 Å². The van der Waals surface area contributed by atoms with E-state index in [0.29, 0.717) is 17.5 Å². The summed E-state index contributed by atoms with van der Waals surface area (Å²) in [6.45, 7) is 0. The molecule has 0 saturated heterocycles. The summed E-state index contributed by atoms with van der Waals surface area (Å²) in [6.07, 6.45) is 0. The third kappa shape index (κ3) is 6.35. The van der Waals surface area contributed by atoms with Crippen molar-refractivity contribution >= 4 is 53.3 Å². The molecule has 0 spiro atoms. The Labute approximate surface area is 362 Å². The SMILES string of the molecule is c1ccc(-c2cccc(-c3ccc(-c4cc(-c5nc(-c6ccccc6)nc(-c6ccccc6)n5)cc(-n5c6ccccc6c6cc7sc8ccccc8c7cc65)c4)cc3)c2)cc1. The van der Waals surface area contributed by atoms with Gasteiger partial charge in [-0.15, -0.1) is 11.3 Å². The molecule has 12 aromatic rings. The van der Waals surface area contributed by atoms with Gasteiger partial charge in [0.25, 0.3) is 0 Å². The van der Waals surface area contributed by atoms with Gasteiger partial charge in [-0.05, 0) is 81.9 Å². The molecule has 0 saturated carbocycles. The van der Waals surface area contributed by atoms with Crippen LogP contribution in [0.2, 0.25) is 0 Å². The quantitative estimate of drug-likeness (QED) is 0.161. The number of para-hydroxylation sites is 1. The molecule has 3 aromatic heterocycles. The first-order valence-electron chi connectivity index (χ1n) is 20.8. The van der Waals surface area contributed by atoms with E-state index >= 15 is 0 Å². The van der Waals surface area contributed by atoms with E-state index < -0.39 is 0 Å². The summed E-state index contributed by atoms with van der Waals surface area (Å²) < 4.78 is 5.01. The second kappa shape index (κ2) is 14.9. The fraction of sp³-hybridized carbons (Fsp3) is 0. The van der Waals surface area contributed by atoms with Crippen LogP contribution in [0, 0.1) is 0 Å². The molecule has 0 bridgehead atoms. The van der Waals surface area contributed by atoms with Crippen molar-refractivity contribution in [2.24, 2.45) is 0 Å². The normalized spacial score (nSPS) is 11.5. The summed E-state index contributed by atoms with van der Waals surface area (Å²) in [5.74, 6) is 1.88. The van der Waals surface area contributed by atoms with Crippen molar-refractivity contribution in [1.82, 2.24) is 19.5 Å². The summed E-state index contributed by atoms with van der Waals surface area (Å²) in [5, 5.41) is 4.99. The van der Waals surface area contributed by atoms with Crippen LogP contribution >= 0.6 is 11.3 Å². The Morgan fingerprint density at radius 1 is 0.274 bits per heavy atom. The van der Waals surface area contributed by atoms with Crippen molar-refractivity contribution in [1.29, 1.82) is 0 Å². The number of rotatable bonds is 7. The van der Waals surface area contributed by atoms with E-state index in [1.807, 2.05) is 47.7 Å². The van der Waals surface area contributed by atoms with Gasteiger partial charge < -0.3 is 4.57 Å². The van der Waals surface area contributed by atoms with Crippen LogP contribution in [0.1, 0.15) is 0 Å². The van der Waals surface area contributed by atoms with E-state index in [9.17, 15) is 0 Å². The molecule has 0 aliphatic rings. The average molecular weight is 809 g/mol. The standard InChI is InChI=1S/C57H36N4S/c1-4-15-37(16-5-1)42-21-14-22-43(31-42)38-27-29-39(30-28-38)44-32-45(57-59-55(40-17-6-2-7-18-40)58-56(60-57)41-19-8-3-9-20-41)34-46(33-44)61-51-25-12-10-23-47(51)49-36-54-50(35-52(49)61)48-24-11-13-26-53(48)62-54/h1-36H. The van der Waals surface area contributed by atoms with Gasteiger partial charge in [0.05, 0.1) is 11.0 Å². The molecule has 3 heterocycles. The van der Waals surface area contributed by atoms with Crippen LogP contribution in [0.25, 0.3) is 115 Å². The van der Waals surface area contributed by atoms with Crippen LogP contribution in [-0.4, -0.2) is 19.5 Å². The predicted octanol–water partition coefficient (Wildman–Crippen LogP) is 15.3. The fourth-order valence-electron chi connectivity index (χ4n) is 8.80. The molecule has 0 atom stereocenters. The number of nitrogens with zero attached hydrogens (tertiary/aromatic N) is 4. The van der Waals surface area contributed by atoms with Crippen LogP contribution in [0.5, 0.6) is 0 Å². The topological polar surface area (TPSA) is 43.6 Å². The fourth-order valence-corrected chi connectivity index (χ4v) is 9.93. The molecule has 0 fully saturated rings. The highest BCUT2D eigenvalue weighted by atomic mass is 32.1. The summed E-state index contributed by atoms with van der Waals surface area (Å²) >= 11 is 1.86. The molecule has 0 aliphatic heterocycles. The zero-order chi connectivity index (χ0) is 41.0. The molecule has 62 heavy (non-hydrogen) atoms. The molecular weight excluding hydrogens is 773 g/mol. The highest BCUT2D eigenvalue weighted by molar-refractivity contribution is 7.25. The highest BCUT2D eigenvalue weighted by Gasteiger charge is 2.19. The first kappa shape index (κ1) is 35.9. The summed E-state index contributed by atoms with van der Waals surface area (Å²) in [6, 6.07) is 77.6. The van der Waals surface area contributed by atoms with E-state index in [4.69, 9.17) is 15.0 Å². The van der Waals surface area contributed by atoms with Crippen molar-refractivity contribution in [3.05, 3.63) is 218 Å². The minimum Gasteiger partial charge on any atom is -0.309 e. The lowest BCUT2D eigenvalue weighted by Crippen LogP contribution is -2.01. The largest absolute Gasteiger partial charge is 0.309 e. The van der Waals surface area contributed by atoms with Crippen molar-refractivity contribution in [3.8, 4) is 73.2 Å². The number of benzene rings is 9. The van der Waals surface area contributed by atoms with Crippen molar-refractivity contribution in [2.75, 3.05) is 0 Å². The Kier molecular flexibility index (Phi) is 8.65. The molecule has 0 N–H and O–H groups in total. The lowest BCUT2D eigenvalue weighted by atomic mass is 9.96. The predicted molar refractivity (Wildman–Crippen MR) is 260 cm³/mol. The second-order valence-corrected chi connectivity index (χ2v) is 16.7. The van der Waals surface area contributed by atoms with Crippen LogP contribution in [0.4, 0.5) is 0 Å². The van der Waals surface area contributed by atoms with Gasteiger partial charge >= 0.3 is 0 Å². The minimum atomic E-state index is 0.613. The average Bonchev–Trinajstić information content (AvgIpc) is 3.88. The molecule has 0 amide bonds. The Hall–Kier alpha value is -7.99. The van der Waals surface area contributed by atoms with Gasteiger partial charge in [0.1, 0.15) is 0 Å². The lowest BCUT2D eigenvalue weighted by Gasteiger charge is -2.15. The van der Waals surface area contributed by atoms with Gasteiger partial charge in [-0.2, -0.15) is 0 Å². The van der Waals surface area contributed by atoms with Crippen molar-refractivity contribution in [2.45, 2.75) is 0 Å². The highest BCUT2D eigenvalue weighted by Crippen LogP contribution is 2.42. The number of aromatic nitrogens is 4. The molecule has 0 radical (unpaired) electrons. The third-order valence-corrected chi connectivity index (χ3v) is 13.0. The van der Waals surface area contributed by atoms with Gasteiger partial charge in [0.2, 0.25) is 0 Å². The van der Waals surface area contributed by atoms with E-state index in [-0.39, 0.29) is 0 Å². The smallest absolute Gasteiger partial charge is 0.164 e. The molecule has 9 aromatic carbocycles. The summed E-state index contributed by atoms with van der Waals surface area (Å²) in [7, 11) is 0. The minimum absolute atomic E-state index is 0.613. The Balaban J connectivity index is 1.08. The summed E-state index contributed by atoms with van der Waals surface area (Å²) in [5.41, 5.74) is 13.0. The molecular formula is C57H36N4S. The van der Waals surface area contributed by atoms with Crippen LogP contribution in [0.15, 0.2) is 218 Å². The van der Waals surface area contributed by atoms with E-state index in [2.05, 4.69) is 187 Å². The molecule has 0 unspecified atom stereocenters. The van der Waals surface area contributed by atoms with Gasteiger partial charge in [0.15, 0.2) is 17.5 Å². The lowest BCUT2D eigenvalue weighted by molar-refractivity contribution is 1.07. The molecule has 0 aliphatic carbocycles. The maximum Gasteiger partial charge on any atom is 0.164 e. The Morgan fingerprint density at radius 3 is 1.42 bits per heavy atom. The molecule has 5 heteroatoms. The Bertz CT molecular complexity index is 3550. The maximum atomic E-state index is 5.21. The molecule has 4 nitrogen and oxygen atoms in total. The van der Waals surface area contributed by atoms with E-state index in [1.165, 1.54) is 47.6 Å². The Morgan fingerprint density at radius 2 is 0.758 bits per heavy atom. The second-order valence-electron chi connectivity index (χ2n) is 15.6. The zero-order valence-electron chi connectivity index (χ0n) is 33.5. The van der Waals surface area contributed by atoms with Gasteiger partial charge in [-0.25, -0.2) is 15.0 Å². The third-order valence-electron chi connectivity index (χ3n) is 11.8. The molecule has 12 rings (SSSR count). The zero-order valence-corrected chi connectivity index (χ0v) is 34.3. The van der Waals surface area contributed by atoms with Crippen molar-refractivity contribution < 1.29 is 0 Å². The van der Waals surface area contributed by atoms with Gasteiger partial charge in [0, 0.05) is 53.3 Å². The first-order valence-corrected chi connectivity index (χ1v) is 21.7. The van der Waals surface area contributed by atoms with Gasteiger partial charge in [-0.3, -0.25) is 0 Å². The summed E-state index contributed by atoms with van der Waals surface area (Å²) in [4.78, 5) is 15.4. The number of hydrogen-bond acceptors (Lipinski definition) is 4.